The lowest BCUT2D eigenvalue weighted by Gasteiger charge is -2.38. The van der Waals surface area contributed by atoms with Crippen molar-refractivity contribution < 1.29 is 24.8 Å². The molecule has 14 heterocycles. The molecule has 145 heavy (non-hydrogen) atoms. The van der Waals surface area contributed by atoms with E-state index in [1.54, 1.807) is 14.2 Å². The number of anilines is 7. The van der Waals surface area contributed by atoms with Gasteiger partial charge < -0.3 is 63.7 Å². The van der Waals surface area contributed by atoms with Crippen molar-refractivity contribution in [3.63, 3.8) is 0 Å². The summed E-state index contributed by atoms with van der Waals surface area (Å²) in [4.78, 5) is 26.2. The number of hydrogen-bond acceptors (Lipinski definition) is 19. The summed E-state index contributed by atoms with van der Waals surface area (Å²) in [5, 5.41) is 50.4. The number of nitrogens with zero attached hydrogens (tertiary/aromatic N) is 20. The van der Waals surface area contributed by atoms with E-state index in [1.165, 1.54) is 156 Å². The van der Waals surface area contributed by atoms with E-state index in [-0.39, 0.29) is 37.6 Å². The maximum absolute atomic E-state index is 9.69. The van der Waals surface area contributed by atoms with Crippen LogP contribution in [0.4, 0.5) is 39.8 Å². The second-order valence-electron chi connectivity index (χ2n) is 42.4. The van der Waals surface area contributed by atoms with Gasteiger partial charge in [0, 0.05) is 288 Å². The zero-order chi connectivity index (χ0) is 103. The van der Waals surface area contributed by atoms with Crippen molar-refractivity contribution >= 4 is 39.8 Å². The molecule has 0 fully saturated rings. The van der Waals surface area contributed by atoms with Gasteiger partial charge in [0.2, 0.25) is 5.88 Å². The maximum Gasteiger partial charge on any atom is 0.212 e. The van der Waals surface area contributed by atoms with Crippen LogP contribution in [-0.4, -0.2) is 201 Å². The molecule has 0 saturated carbocycles. The Kier molecular flexibility index (Phi) is 35.1. The van der Waals surface area contributed by atoms with Gasteiger partial charge in [-0.25, -0.2) is 9.97 Å². The number of imidazole rings is 1. The molecule has 3 N–H and O–H groups in total. The highest BCUT2D eigenvalue weighted by molar-refractivity contribution is 5.79. The van der Waals surface area contributed by atoms with Crippen LogP contribution in [0, 0.1) is 6.92 Å². The van der Waals surface area contributed by atoms with Gasteiger partial charge in [-0.15, -0.1) is 0 Å². The summed E-state index contributed by atoms with van der Waals surface area (Å²) >= 11 is 0. The van der Waals surface area contributed by atoms with Gasteiger partial charge in [-0.2, -0.15) is 25.5 Å². The van der Waals surface area contributed by atoms with E-state index in [9.17, 15) is 15.3 Å². The number of benzene rings is 7. The molecule has 1 unspecified atom stereocenters. The number of methoxy groups -OCH3 is 2. The Balaban J connectivity index is 0.000000127. The van der Waals surface area contributed by atoms with Crippen molar-refractivity contribution in [3.8, 4) is 89.6 Å². The zero-order valence-electron chi connectivity index (χ0n) is 90.7. The monoisotopic (exact) mass is 1960 g/mol. The van der Waals surface area contributed by atoms with E-state index in [4.69, 9.17) is 9.47 Å². The van der Waals surface area contributed by atoms with Gasteiger partial charge >= 0.3 is 0 Å². The quantitative estimate of drug-likeness (QED) is 0.0685. The van der Waals surface area contributed by atoms with Crippen LogP contribution in [0.1, 0.15) is 217 Å². The van der Waals surface area contributed by atoms with Crippen LogP contribution in [0.3, 0.4) is 0 Å². The van der Waals surface area contributed by atoms with Gasteiger partial charge in [0.15, 0.2) is 0 Å². The number of pyridine rings is 1. The highest BCUT2D eigenvalue weighted by atomic mass is 16.5. The number of ether oxygens (including phenoxy) is 2. The third-order valence-corrected chi connectivity index (χ3v) is 30.1. The molecule has 4 atom stereocenters. The molecular weight excluding hydrogens is 1800 g/mol. The molecule has 25 heteroatoms. The number of aromatic nitrogens is 13. The van der Waals surface area contributed by atoms with E-state index in [0.29, 0.717) is 54.1 Å². The summed E-state index contributed by atoms with van der Waals surface area (Å²) < 4.78 is 22.0. The Morgan fingerprint density at radius 2 is 0.621 bits per heavy atom. The number of aryl methyl sites for hydroxylation is 10. The largest absolute Gasteiger partial charge is 0.496 e. The first-order valence-corrected chi connectivity index (χ1v) is 52.9. The Bertz CT molecular complexity index is 6320. The van der Waals surface area contributed by atoms with Crippen LogP contribution >= 0.6 is 0 Å². The van der Waals surface area contributed by atoms with Gasteiger partial charge in [-0.05, 0) is 326 Å². The fourth-order valence-electron chi connectivity index (χ4n) is 21.8. The molecule has 770 valence electrons. The summed E-state index contributed by atoms with van der Waals surface area (Å²) in [7, 11) is 15.1. The molecular formula is C120H160N20O5. The van der Waals surface area contributed by atoms with Crippen LogP contribution in [-0.2, 0) is 61.5 Å². The molecule has 7 aliphatic rings. The predicted molar refractivity (Wildman–Crippen MR) is 598 cm³/mol. The van der Waals surface area contributed by atoms with Crippen molar-refractivity contribution in [1.29, 1.82) is 0 Å². The average Bonchev–Trinajstić information content (AvgIpc) is 1.77. The smallest absolute Gasteiger partial charge is 0.212 e. The summed E-state index contributed by atoms with van der Waals surface area (Å²) in [5.74, 6) is 4.00. The van der Waals surface area contributed by atoms with Gasteiger partial charge in [0.1, 0.15) is 11.6 Å². The number of fused-ring (bicyclic) bond motifs is 7. The van der Waals surface area contributed by atoms with Crippen LogP contribution < -0.4 is 43.8 Å². The topological polar surface area (TPSA) is 222 Å². The highest BCUT2D eigenvalue weighted by Gasteiger charge is 2.33. The van der Waals surface area contributed by atoms with Gasteiger partial charge in [0.05, 0.1) is 70.7 Å². The molecule has 0 saturated heterocycles. The molecule has 25 nitrogen and oxygen atoms in total. The van der Waals surface area contributed by atoms with Crippen molar-refractivity contribution in [3.05, 3.63) is 253 Å². The first kappa shape index (κ1) is 106. The molecule has 14 aromatic rings. The molecule has 7 aromatic heterocycles. The first-order chi connectivity index (χ1) is 69.7. The van der Waals surface area contributed by atoms with E-state index in [0.717, 1.165) is 122 Å². The fourth-order valence-corrected chi connectivity index (χ4v) is 21.8. The molecule has 0 amide bonds. The minimum Gasteiger partial charge on any atom is -0.496 e. The summed E-state index contributed by atoms with van der Waals surface area (Å²) in [5.41, 5.74) is 35.2. The average molecular weight is 1960 g/mol. The molecule has 7 aromatic carbocycles. The number of hydrogen-bond donors (Lipinski definition) is 3. The minimum atomic E-state index is 0.218. The minimum absolute atomic E-state index is 0.218. The summed E-state index contributed by atoms with van der Waals surface area (Å²) in [6.07, 6.45) is 35.1. The normalized spacial score (nSPS) is 16.6. The standard InChI is InChI=1S/C18H22N2O.4C17H23N3O.2C17H23N3/c1-13(2)20-10-4-5-15-11-14(6-8-17(15)20)16-7-9-18(21-3)19-12-16;1-12(2)20-7-5-6-13-8-15(14-10-18-19(3)11-14)17(21-4)9-16(13)20;3*1-12(2)20-7-6-14(11-21)16-8-13(4-5-17(16)20)15-9-18-19(3)10-15;1-12(2)20-8-7-13(3)16-9-14(5-6-17(16)20)15-10-18-19(4)11-15;1-12(2)20-9-5-6-15-10-14(7-8-17(15)20)16-11-19(4)13(3)18-16/h6-9,11-13H,4-5,10H2,1-3H3;8-12H,5-7H2,1-4H3;3*4-5,8-10,12,14,21H,6-7,11H2,1-3H3;5-6,9-13H,7-8H2,1-4H3;7-8,10-12H,5-6,9H2,1-4H3/t;;2*14-;;13-;/m..10.1./s1. The van der Waals surface area contributed by atoms with Gasteiger partial charge in [-0.3, -0.25) is 23.4 Å². The van der Waals surface area contributed by atoms with Crippen LogP contribution in [0.25, 0.3) is 78.0 Å². The zero-order valence-corrected chi connectivity index (χ0v) is 90.7. The maximum atomic E-state index is 9.69. The lowest BCUT2D eigenvalue weighted by atomic mass is 9.88. The summed E-state index contributed by atoms with van der Waals surface area (Å²) in [6.45, 7) is 44.1. The van der Waals surface area contributed by atoms with Crippen molar-refractivity contribution in [2.45, 2.75) is 241 Å². The lowest BCUT2D eigenvalue weighted by molar-refractivity contribution is 0.256. The molecule has 7 aliphatic heterocycles. The molecule has 21 rings (SSSR count). The number of aliphatic hydroxyl groups excluding tert-OH is 3. The fraction of sp³-hybridized carbons (Fsp3) is 0.458. The Labute approximate surface area is 862 Å². The van der Waals surface area contributed by atoms with Crippen LogP contribution in [0.5, 0.6) is 11.6 Å². The lowest BCUT2D eigenvalue weighted by Crippen LogP contribution is -2.37. The second kappa shape index (κ2) is 47.9. The number of rotatable bonds is 19. The van der Waals surface area contributed by atoms with E-state index in [2.05, 4.69) is 318 Å². The Morgan fingerprint density at radius 3 is 0.945 bits per heavy atom. The SMILES string of the molecule is CC(C)N1CCC(CO)c2cc(-c3cnn(C)c3)ccc21.CC(C)N1CC[C@@H](C)c2cc(-c3cnn(C)c3)ccc21.CC(C)N1CC[C@@H](CO)c2cc(-c3cnn(C)c3)ccc21.CC(C)N1CC[C@H](CO)c2cc(-c3cnn(C)c3)ccc21.COc1cc2c(cc1-c1cnn(C)c1)CCCN2C(C)C.COc1ccc(-c2ccc3c(c2)CCCN3C(C)C)cn1.Cc1nc(-c2ccc3c(c2)CCCN3C(C)C)cn1C. The summed E-state index contributed by atoms with van der Waals surface area (Å²) in [6, 6.07) is 52.2. The van der Waals surface area contributed by atoms with Crippen molar-refractivity contribution in [2.24, 2.45) is 42.3 Å². The van der Waals surface area contributed by atoms with E-state index in [1.807, 2.05) is 141 Å². The van der Waals surface area contributed by atoms with Crippen molar-refractivity contribution in [1.82, 2.24) is 63.4 Å². The third-order valence-electron chi connectivity index (χ3n) is 30.1. The molecule has 0 aliphatic carbocycles. The Morgan fingerprint density at radius 1 is 0.310 bits per heavy atom. The highest BCUT2D eigenvalue weighted by Crippen LogP contribution is 2.46. The van der Waals surface area contributed by atoms with Gasteiger partial charge in [0.25, 0.3) is 0 Å². The van der Waals surface area contributed by atoms with Crippen molar-refractivity contribution in [2.75, 3.05) is 114 Å². The second-order valence-corrected chi connectivity index (χ2v) is 42.4. The molecule has 0 spiro atoms. The predicted octanol–water partition coefficient (Wildman–Crippen LogP) is 22.9. The molecule has 0 radical (unpaired) electrons. The van der Waals surface area contributed by atoms with E-state index < -0.39 is 0 Å². The van der Waals surface area contributed by atoms with Crippen LogP contribution in [0.15, 0.2) is 208 Å². The van der Waals surface area contributed by atoms with Gasteiger partial charge in [-0.1, -0.05) is 43.3 Å². The van der Waals surface area contributed by atoms with E-state index >= 15 is 0 Å². The number of aliphatic hydroxyl groups is 3. The third kappa shape index (κ3) is 24.9. The Hall–Kier alpha value is -13.0. The first-order valence-electron chi connectivity index (χ1n) is 52.9. The molecule has 0 bridgehead atoms. The van der Waals surface area contributed by atoms with Crippen LogP contribution in [0.2, 0.25) is 0 Å².